The minimum atomic E-state index is -0.253. The van der Waals surface area contributed by atoms with Gasteiger partial charge >= 0.3 is 0 Å². The molecule has 0 amide bonds. The maximum Gasteiger partial charge on any atom is 0.194 e. The second-order valence-electron chi connectivity index (χ2n) is 15.0. The molecule has 9 rings (SSSR count). The highest BCUT2D eigenvalue weighted by Crippen LogP contribution is 2.31. The first-order chi connectivity index (χ1) is 32.7. The molecule has 0 saturated carbocycles. The SMILES string of the molecule is O=C(c1ccc(Oc2ccc(Oc3ccc(Oc4ccccc4)cc3)cc2)cc1)c1ccc(Oc2ccc(C(=O)c3ccc(Oc4ccc(C(=O)c5cc(Cl)ccc5Cl)cc4)cc3)cc2)cc1. The predicted molar refractivity (Wildman–Crippen MR) is 259 cm³/mol. The van der Waals surface area contributed by atoms with Crippen LogP contribution in [0, 0.1) is 0 Å². The van der Waals surface area contributed by atoms with Gasteiger partial charge < -0.3 is 23.7 Å². The van der Waals surface area contributed by atoms with Crippen molar-refractivity contribution < 1.29 is 38.1 Å². The van der Waals surface area contributed by atoms with Crippen molar-refractivity contribution in [3.05, 3.63) is 262 Å². The van der Waals surface area contributed by atoms with Crippen LogP contribution in [0.5, 0.6) is 57.5 Å². The molecule has 0 aliphatic heterocycles. The van der Waals surface area contributed by atoms with Crippen molar-refractivity contribution in [2.45, 2.75) is 0 Å². The number of benzene rings is 9. The average molecular weight is 920 g/mol. The Hall–Kier alpha value is -8.43. The molecule has 0 aliphatic rings. The maximum absolute atomic E-state index is 13.3. The summed E-state index contributed by atoms with van der Waals surface area (Å²) in [6.45, 7) is 0. The first-order valence-corrected chi connectivity index (χ1v) is 21.7. The van der Waals surface area contributed by atoms with Crippen LogP contribution in [0.15, 0.2) is 218 Å². The molecule has 8 nitrogen and oxygen atoms in total. The summed E-state index contributed by atoms with van der Waals surface area (Å²) in [6, 6.07) is 63.1. The Labute approximate surface area is 396 Å². The van der Waals surface area contributed by atoms with E-state index in [1.54, 1.807) is 133 Å². The molecule has 326 valence electrons. The molecule has 9 aromatic carbocycles. The number of hydrogen-bond acceptors (Lipinski definition) is 8. The Morgan fingerprint density at radius 3 is 0.791 bits per heavy atom. The largest absolute Gasteiger partial charge is 0.457 e. The third kappa shape index (κ3) is 11.1. The summed E-state index contributed by atoms with van der Waals surface area (Å²) in [7, 11) is 0. The molecule has 0 atom stereocenters. The molecule has 0 aromatic heterocycles. The van der Waals surface area contributed by atoms with Gasteiger partial charge in [0, 0.05) is 38.4 Å². The van der Waals surface area contributed by atoms with Crippen molar-refractivity contribution in [2.75, 3.05) is 0 Å². The van der Waals surface area contributed by atoms with Gasteiger partial charge in [-0.05, 0) is 200 Å². The highest BCUT2D eigenvalue weighted by molar-refractivity contribution is 6.36. The van der Waals surface area contributed by atoms with E-state index in [-0.39, 0.29) is 17.3 Å². The van der Waals surface area contributed by atoms with Crippen LogP contribution < -0.4 is 23.7 Å². The summed E-state index contributed by atoms with van der Waals surface area (Å²) in [6.07, 6.45) is 0. The van der Waals surface area contributed by atoms with E-state index in [9.17, 15) is 14.4 Å². The third-order valence-electron chi connectivity index (χ3n) is 10.3. The summed E-state index contributed by atoms with van der Waals surface area (Å²) in [5, 5.41) is 0.740. The Bertz CT molecular complexity index is 3160. The van der Waals surface area contributed by atoms with E-state index >= 15 is 0 Å². The number of halogens is 2. The summed E-state index contributed by atoms with van der Waals surface area (Å²) in [5.41, 5.74) is 2.72. The summed E-state index contributed by atoms with van der Waals surface area (Å²) in [5.74, 6) is 5.52. The van der Waals surface area contributed by atoms with Crippen molar-refractivity contribution in [1.29, 1.82) is 0 Å². The van der Waals surface area contributed by atoms with Crippen molar-refractivity contribution in [2.24, 2.45) is 0 Å². The molecule has 67 heavy (non-hydrogen) atoms. The number of ether oxygens (including phenoxy) is 5. The molecule has 0 N–H and O–H groups in total. The normalized spacial score (nSPS) is 10.7. The summed E-state index contributed by atoms with van der Waals surface area (Å²) in [4.78, 5) is 39.6. The van der Waals surface area contributed by atoms with Crippen LogP contribution in [0.3, 0.4) is 0 Å². The molecule has 10 heteroatoms. The molecule has 0 radical (unpaired) electrons. The molecule has 0 saturated heterocycles. The van der Waals surface area contributed by atoms with Gasteiger partial charge in [0.05, 0.1) is 5.02 Å². The lowest BCUT2D eigenvalue weighted by molar-refractivity contribution is 0.103. The van der Waals surface area contributed by atoms with E-state index in [0.29, 0.717) is 95.2 Å². The monoisotopic (exact) mass is 918 g/mol. The van der Waals surface area contributed by atoms with E-state index in [1.165, 1.54) is 6.07 Å². The van der Waals surface area contributed by atoms with Gasteiger partial charge in [0.2, 0.25) is 0 Å². The van der Waals surface area contributed by atoms with Crippen LogP contribution in [0.2, 0.25) is 10.0 Å². The highest BCUT2D eigenvalue weighted by atomic mass is 35.5. The van der Waals surface area contributed by atoms with Gasteiger partial charge in [0.25, 0.3) is 0 Å². The van der Waals surface area contributed by atoms with Crippen molar-refractivity contribution in [1.82, 2.24) is 0 Å². The first kappa shape index (κ1) is 43.8. The van der Waals surface area contributed by atoms with Gasteiger partial charge in [-0.3, -0.25) is 14.4 Å². The summed E-state index contributed by atoms with van der Waals surface area (Å²) < 4.78 is 29.8. The minimum absolute atomic E-state index is 0.148. The van der Waals surface area contributed by atoms with Gasteiger partial charge in [0.15, 0.2) is 17.3 Å². The number of para-hydroxylation sites is 1. The standard InChI is InChI=1S/C57H36Cl2O8/c58-42-16-35-54(59)53(36-42)57(62)41-14-25-48(26-15-41)65-46-21-10-39(11-22-46)55(60)37-6-17-44(18-7-37)64-45-19-8-38(9-20-45)56(61)40-12-23-47(24-13-40)66-50-31-33-52(34-32-50)67-51-29-27-49(28-30-51)63-43-4-2-1-3-5-43/h1-36H. The van der Waals surface area contributed by atoms with E-state index in [2.05, 4.69) is 0 Å². The lowest BCUT2D eigenvalue weighted by Gasteiger charge is -2.10. The third-order valence-corrected chi connectivity index (χ3v) is 10.9. The van der Waals surface area contributed by atoms with Crippen LogP contribution in [-0.2, 0) is 0 Å². The molecular formula is C57H36Cl2O8. The lowest BCUT2D eigenvalue weighted by Crippen LogP contribution is -2.02. The molecule has 0 fully saturated rings. The van der Waals surface area contributed by atoms with Crippen LogP contribution in [-0.4, -0.2) is 17.3 Å². The Balaban J connectivity index is 0.733. The van der Waals surface area contributed by atoms with Gasteiger partial charge in [-0.25, -0.2) is 0 Å². The van der Waals surface area contributed by atoms with Crippen LogP contribution >= 0.6 is 23.2 Å². The number of hydrogen-bond donors (Lipinski definition) is 0. The quantitative estimate of drug-likeness (QED) is 0.0884. The fourth-order valence-electron chi connectivity index (χ4n) is 6.85. The van der Waals surface area contributed by atoms with Gasteiger partial charge in [-0.2, -0.15) is 0 Å². The fraction of sp³-hybridized carbons (Fsp3) is 0. The summed E-state index contributed by atoms with van der Waals surface area (Å²) >= 11 is 12.3. The number of carbonyl (C=O) groups is 3. The van der Waals surface area contributed by atoms with Crippen molar-refractivity contribution in [3.8, 4) is 57.5 Å². The zero-order valence-corrected chi connectivity index (χ0v) is 36.8. The zero-order chi connectivity index (χ0) is 46.1. The van der Waals surface area contributed by atoms with Gasteiger partial charge in [-0.15, -0.1) is 0 Å². The van der Waals surface area contributed by atoms with Gasteiger partial charge in [-0.1, -0.05) is 41.4 Å². The van der Waals surface area contributed by atoms with E-state index in [1.807, 2.05) is 78.9 Å². The highest BCUT2D eigenvalue weighted by Gasteiger charge is 2.15. The smallest absolute Gasteiger partial charge is 0.194 e. The van der Waals surface area contributed by atoms with Crippen LogP contribution in [0.25, 0.3) is 0 Å². The molecular weight excluding hydrogens is 884 g/mol. The van der Waals surface area contributed by atoms with Crippen LogP contribution in [0.4, 0.5) is 0 Å². The average Bonchev–Trinajstić information content (AvgIpc) is 3.37. The molecule has 0 aliphatic carbocycles. The lowest BCUT2D eigenvalue weighted by atomic mass is 10.0. The maximum atomic E-state index is 13.3. The number of rotatable bonds is 16. The minimum Gasteiger partial charge on any atom is -0.457 e. The molecule has 0 bridgehead atoms. The molecule has 0 spiro atoms. The molecule has 0 unspecified atom stereocenters. The Morgan fingerprint density at radius 2 is 0.507 bits per heavy atom. The van der Waals surface area contributed by atoms with Crippen molar-refractivity contribution in [3.63, 3.8) is 0 Å². The van der Waals surface area contributed by atoms with E-state index < -0.39 is 0 Å². The Kier molecular flexibility index (Phi) is 13.2. The molecule has 0 heterocycles. The zero-order valence-electron chi connectivity index (χ0n) is 35.3. The first-order valence-electron chi connectivity index (χ1n) is 20.9. The van der Waals surface area contributed by atoms with E-state index in [0.717, 1.165) is 5.75 Å². The second-order valence-corrected chi connectivity index (χ2v) is 15.8. The predicted octanol–water partition coefficient (Wildman–Crippen LogP) is 15.6. The Morgan fingerprint density at radius 1 is 0.269 bits per heavy atom. The van der Waals surface area contributed by atoms with Crippen LogP contribution in [0.1, 0.15) is 47.8 Å². The second kappa shape index (κ2) is 20.2. The van der Waals surface area contributed by atoms with Crippen molar-refractivity contribution >= 4 is 40.6 Å². The van der Waals surface area contributed by atoms with E-state index in [4.69, 9.17) is 46.9 Å². The number of ketones is 3. The topological polar surface area (TPSA) is 97.4 Å². The van der Waals surface area contributed by atoms with Gasteiger partial charge in [0.1, 0.15) is 57.5 Å². The number of carbonyl (C=O) groups excluding carboxylic acids is 3. The fourth-order valence-corrected chi connectivity index (χ4v) is 7.23. The molecule has 9 aromatic rings.